The number of nitrogens with two attached hydrogens (primary N) is 2. The summed E-state index contributed by atoms with van der Waals surface area (Å²) in [6.07, 6.45) is 2.13. The SMILES string of the molecule is NCCCCN.[PbH2]. The van der Waals surface area contributed by atoms with Crippen LogP contribution in [0, 0.1) is 0 Å². The minimum atomic E-state index is 0. The van der Waals surface area contributed by atoms with Crippen LogP contribution in [0.3, 0.4) is 0 Å². The van der Waals surface area contributed by atoms with Gasteiger partial charge < -0.3 is 11.5 Å². The van der Waals surface area contributed by atoms with Crippen molar-refractivity contribution < 1.29 is 0 Å². The second-order valence-corrected chi connectivity index (χ2v) is 1.28. The summed E-state index contributed by atoms with van der Waals surface area (Å²) in [5.74, 6) is 0. The fourth-order valence-corrected chi connectivity index (χ4v) is 0.289. The van der Waals surface area contributed by atoms with Gasteiger partial charge in [0.05, 0.1) is 0 Å². The Balaban J connectivity index is 0. The van der Waals surface area contributed by atoms with Crippen LogP contribution in [0.1, 0.15) is 12.8 Å². The van der Waals surface area contributed by atoms with Gasteiger partial charge in [-0.3, -0.25) is 0 Å². The van der Waals surface area contributed by atoms with E-state index in [-0.39, 0.29) is 27.3 Å². The molecule has 0 fully saturated rings. The first-order chi connectivity index (χ1) is 2.91. The molecule has 4 N–H and O–H groups in total. The fraction of sp³-hybridized carbons (Fsp3) is 1.00. The quantitative estimate of drug-likeness (QED) is 0.506. The van der Waals surface area contributed by atoms with Crippen molar-refractivity contribution in [2.45, 2.75) is 12.8 Å². The predicted molar refractivity (Wildman–Crippen MR) is 35.9 cm³/mol. The molecule has 0 aromatic carbocycles. The number of hydrogen-bond acceptors (Lipinski definition) is 2. The van der Waals surface area contributed by atoms with Crippen LogP contribution >= 0.6 is 0 Å². The molecular formula is C4H14N2Pb. The number of unbranched alkanes of at least 4 members (excludes halogenated alkanes) is 1. The van der Waals surface area contributed by atoms with Crippen molar-refractivity contribution in [1.82, 2.24) is 0 Å². The van der Waals surface area contributed by atoms with Gasteiger partial charge in [-0.05, 0) is 25.9 Å². The molecule has 0 unspecified atom stereocenters. The maximum atomic E-state index is 5.16. The standard InChI is InChI=1S/C4H12N2.Pb.2H/c5-3-1-2-4-6;;;/h1-6H2;;;. The molecule has 0 saturated carbocycles. The Morgan fingerprint density at radius 2 is 1.14 bits per heavy atom. The van der Waals surface area contributed by atoms with E-state index in [0.717, 1.165) is 25.9 Å². The number of hydrogen-bond donors (Lipinski definition) is 2. The zero-order valence-corrected chi connectivity index (χ0v) is 10.2. The molecule has 0 heterocycles. The first-order valence-electron chi connectivity index (χ1n) is 2.32. The Kier molecular flexibility index (Phi) is 15.3. The zero-order chi connectivity index (χ0) is 4.83. The summed E-state index contributed by atoms with van der Waals surface area (Å²) in [5, 5.41) is 0. The topological polar surface area (TPSA) is 52.0 Å². The van der Waals surface area contributed by atoms with E-state index >= 15 is 0 Å². The molecule has 7 heavy (non-hydrogen) atoms. The van der Waals surface area contributed by atoms with Crippen LogP contribution in [0.15, 0.2) is 0 Å². The molecule has 0 aromatic heterocycles. The van der Waals surface area contributed by atoms with Crippen molar-refractivity contribution in [2.24, 2.45) is 11.5 Å². The first-order valence-corrected chi connectivity index (χ1v) is 2.32. The van der Waals surface area contributed by atoms with Crippen LogP contribution in [0.25, 0.3) is 0 Å². The number of rotatable bonds is 3. The molecule has 2 radical (unpaired) electrons. The molecule has 0 spiro atoms. The van der Waals surface area contributed by atoms with E-state index in [1.54, 1.807) is 0 Å². The summed E-state index contributed by atoms with van der Waals surface area (Å²) in [6.45, 7) is 1.55. The average Bonchev–Trinajstić information content (AvgIpc) is 1.61. The van der Waals surface area contributed by atoms with E-state index < -0.39 is 0 Å². The molecule has 44 valence electrons. The molecule has 0 atom stereocenters. The van der Waals surface area contributed by atoms with E-state index in [0.29, 0.717) is 0 Å². The van der Waals surface area contributed by atoms with Gasteiger partial charge in [0.25, 0.3) is 0 Å². The van der Waals surface area contributed by atoms with E-state index in [9.17, 15) is 0 Å². The van der Waals surface area contributed by atoms with Gasteiger partial charge in [0.1, 0.15) is 0 Å². The third-order valence-electron chi connectivity index (χ3n) is 0.658. The normalized spacial score (nSPS) is 7.71. The van der Waals surface area contributed by atoms with Gasteiger partial charge in [-0.15, -0.1) is 0 Å². The zero-order valence-electron chi connectivity index (χ0n) is 4.69. The van der Waals surface area contributed by atoms with E-state index in [1.807, 2.05) is 0 Å². The molecule has 0 aliphatic carbocycles. The van der Waals surface area contributed by atoms with E-state index in [4.69, 9.17) is 11.5 Å². The van der Waals surface area contributed by atoms with Gasteiger partial charge in [0.2, 0.25) is 0 Å². The van der Waals surface area contributed by atoms with Crippen LogP contribution < -0.4 is 11.5 Å². The van der Waals surface area contributed by atoms with Crippen LogP contribution in [0.2, 0.25) is 0 Å². The molecule has 0 aliphatic heterocycles. The molecule has 0 amide bonds. The molecular weight excluding hydrogens is 283 g/mol. The van der Waals surface area contributed by atoms with Crippen molar-refractivity contribution in [3.8, 4) is 0 Å². The van der Waals surface area contributed by atoms with Gasteiger partial charge in [-0.2, -0.15) is 0 Å². The Morgan fingerprint density at radius 3 is 1.29 bits per heavy atom. The Morgan fingerprint density at radius 1 is 0.857 bits per heavy atom. The molecule has 0 rings (SSSR count). The summed E-state index contributed by atoms with van der Waals surface area (Å²) < 4.78 is 0. The van der Waals surface area contributed by atoms with Gasteiger partial charge in [0, 0.05) is 0 Å². The van der Waals surface area contributed by atoms with Crippen molar-refractivity contribution in [3.05, 3.63) is 0 Å². The molecule has 2 nitrogen and oxygen atoms in total. The van der Waals surface area contributed by atoms with Gasteiger partial charge in [0.15, 0.2) is 0 Å². The Labute approximate surface area is 64.8 Å². The van der Waals surface area contributed by atoms with Crippen molar-refractivity contribution in [1.29, 1.82) is 0 Å². The minimum absolute atomic E-state index is 0. The monoisotopic (exact) mass is 298 g/mol. The van der Waals surface area contributed by atoms with E-state index in [1.165, 1.54) is 0 Å². The second kappa shape index (κ2) is 9.96. The predicted octanol–water partition coefficient (Wildman–Crippen LogP) is -1.23. The van der Waals surface area contributed by atoms with Crippen molar-refractivity contribution >= 4 is 27.3 Å². The van der Waals surface area contributed by atoms with Crippen LogP contribution in [0.5, 0.6) is 0 Å². The molecule has 3 heteroatoms. The first kappa shape index (κ1) is 10.8. The van der Waals surface area contributed by atoms with Crippen LogP contribution in [-0.2, 0) is 0 Å². The molecule has 0 bridgehead atoms. The van der Waals surface area contributed by atoms with Crippen molar-refractivity contribution in [2.75, 3.05) is 13.1 Å². The van der Waals surface area contributed by atoms with Gasteiger partial charge in [-0.1, -0.05) is 0 Å². The molecule has 0 saturated heterocycles. The molecule has 0 aliphatic rings. The fourth-order valence-electron chi connectivity index (χ4n) is 0.289. The Bertz CT molecular complexity index is 21.7. The third kappa shape index (κ3) is 10.9. The summed E-state index contributed by atoms with van der Waals surface area (Å²) in [4.78, 5) is 0. The van der Waals surface area contributed by atoms with Crippen LogP contribution in [0.4, 0.5) is 0 Å². The average molecular weight is 297 g/mol. The van der Waals surface area contributed by atoms with Gasteiger partial charge in [-0.25, -0.2) is 0 Å². The summed E-state index contributed by atoms with van der Waals surface area (Å²) in [7, 11) is 0. The van der Waals surface area contributed by atoms with E-state index in [2.05, 4.69) is 0 Å². The van der Waals surface area contributed by atoms with Crippen molar-refractivity contribution in [3.63, 3.8) is 0 Å². The third-order valence-corrected chi connectivity index (χ3v) is 0.658. The summed E-state index contributed by atoms with van der Waals surface area (Å²) >= 11 is 0. The van der Waals surface area contributed by atoms with Gasteiger partial charge >= 0.3 is 27.3 Å². The molecule has 0 aromatic rings. The maximum absolute atomic E-state index is 5.16. The second-order valence-electron chi connectivity index (χ2n) is 1.28. The Hall–Kier alpha value is 0.842. The summed E-state index contributed by atoms with van der Waals surface area (Å²) in [5.41, 5.74) is 10.3. The van der Waals surface area contributed by atoms with Crippen LogP contribution in [-0.4, -0.2) is 40.4 Å². The summed E-state index contributed by atoms with van der Waals surface area (Å²) in [6, 6.07) is 0.